The number of carboxylic acids is 1. The smallest absolute Gasteiger partial charge is 0.363 e. The van der Waals surface area contributed by atoms with Crippen LogP contribution in [0.1, 0.15) is 16.1 Å². The van der Waals surface area contributed by atoms with Crippen LogP contribution in [0.4, 0.5) is 10.1 Å². The largest absolute Gasteiger partial charge is 0.477 e. The molecule has 8 heteroatoms. The Bertz CT molecular complexity index is 1020. The summed E-state index contributed by atoms with van der Waals surface area (Å²) in [6.07, 6.45) is 0. The van der Waals surface area contributed by atoms with Crippen molar-refractivity contribution < 1.29 is 18.9 Å². The number of halogens is 1. The molecule has 0 atom stereocenters. The molecule has 0 saturated carbocycles. The second kappa shape index (κ2) is 8.27. The first kappa shape index (κ1) is 19.5. The average Bonchev–Trinajstić information content (AvgIpc) is 3.07. The van der Waals surface area contributed by atoms with Crippen LogP contribution in [-0.4, -0.2) is 61.4 Å². The van der Waals surface area contributed by atoms with Crippen molar-refractivity contribution in [3.8, 4) is 0 Å². The Morgan fingerprint density at radius 2 is 1.86 bits per heavy atom. The van der Waals surface area contributed by atoms with E-state index in [1.807, 2.05) is 30.3 Å². The number of rotatable bonds is 6. The Balaban J connectivity index is 1.75. The molecule has 1 saturated heterocycles. The summed E-state index contributed by atoms with van der Waals surface area (Å²) in [6, 6.07) is 14.2. The van der Waals surface area contributed by atoms with Gasteiger partial charge in [0.05, 0.1) is 5.52 Å². The second-order valence-electron chi connectivity index (χ2n) is 7.29. The number of piperazine rings is 1. The van der Waals surface area contributed by atoms with E-state index in [1.165, 1.54) is 12.1 Å². The van der Waals surface area contributed by atoms with Gasteiger partial charge < -0.3 is 24.0 Å². The molecule has 3 aromatic rings. The van der Waals surface area contributed by atoms with Gasteiger partial charge in [-0.05, 0) is 23.8 Å². The van der Waals surface area contributed by atoms with Gasteiger partial charge in [0.2, 0.25) is 0 Å². The molecule has 2 heterocycles. The van der Waals surface area contributed by atoms with Crippen LogP contribution in [0.15, 0.2) is 48.5 Å². The molecular weight excluding hydrogens is 372 g/mol. The summed E-state index contributed by atoms with van der Waals surface area (Å²) in [5.74, 6) is -1.38. The highest BCUT2D eigenvalue weighted by atomic mass is 19.1. The Morgan fingerprint density at radius 3 is 2.52 bits per heavy atom. The number of anilines is 1. The van der Waals surface area contributed by atoms with Gasteiger partial charge in [-0.15, -0.1) is 0 Å². The van der Waals surface area contributed by atoms with E-state index in [1.54, 1.807) is 17.7 Å². The maximum absolute atomic E-state index is 14.6. The van der Waals surface area contributed by atoms with Crippen LogP contribution in [0.25, 0.3) is 10.9 Å². The number of hydrogen-bond acceptors (Lipinski definition) is 4. The summed E-state index contributed by atoms with van der Waals surface area (Å²) < 4.78 is 21.4. The number of benzene rings is 2. The third-order valence-electron chi connectivity index (χ3n) is 5.39. The molecule has 2 aromatic carbocycles. The third kappa shape index (κ3) is 3.99. The molecule has 0 bridgehead atoms. The molecule has 0 radical (unpaired) electrons. The lowest BCUT2D eigenvalue weighted by molar-refractivity contribution is 0.0686. The highest BCUT2D eigenvalue weighted by Gasteiger charge is 2.23. The number of nitrogens with zero attached hydrogens (tertiary/aromatic N) is 3. The van der Waals surface area contributed by atoms with Crippen molar-refractivity contribution in [3.05, 3.63) is 65.6 Å². The van der Waals surface area contributed by atoms with Gasteiger partial charge in [-0.3, -0.25) is 0 Å². The maximum atomic E-state index is 14.6. The molecule has 1 fully saturated rings. The topological polar surface area (TPSA) is 57.9 Å². The van der Waals surface area contributed by atoms with E-state index in [9.17, 15) is 14.3 Å². The minimum atomic E-state index is -1.02. The van der Waals surface area contributed by atoms with Crippen molar-refractivity contribution in [1.82, 2.24) is 9.38 Å². The fraction of sp³-hybridized carbons (Fsp3) is 0.286. The Hall–Kier alpha value is -2.84. The number of carbonyl (C=O) groups is 1. The first-order chi connectivity index (χ1) is 14.1. The molecule has 4 rings (SSSR count). The molecule has 1 N–H and O–H groups in total. The van der Waals surface area contributed by atoms with Crippen molar-refractivity contribution in [2.24, 2.45) is 0 Å². The molecule has 1 aromatic heterocycles. The Kier molecular flexibility index (Phi) is 5.55. The van der Waals surface area contributed by atoms with Gasteiger partial charge >= 0.3 is 13.6 Å². The zero-order valence-corrected chi connectivity index (χ0v) is 16.3. The molecule has 150 valence electrons. The van der Waals surface area contributed by atoms with Crippen LogP contribution in [0.5, 0.6) is 0 Å². The van der Waals surface area contributed by atoms with E-state index < -0.39 is 5.97 Å². The van der Waals surface area contributed by atoms with E-state index in [-0.39, 0.29) is 11.5 Å². The first-order valence-electron chi connectivity index (χ1n) is 9.63. The summed E-state index contributed by atoms with van der Waals surface area (Å²) in [6.45, 7) is 3.45. The Labute approximate surface area is 169 Å². The highest BCUT2D eigenvalue weighted by molar-refractivity contribution is 6.23. The predicted molar refractivity (Wildman–Crippen MR) is 112 cm³/mol. The van der Waals surface area contributed by atoms with Gasteiger partial charge in [0.15, 0.2) is 0 Å². The SMILES string of the molecule is COBN1CCN(c2cc(F)cc3c2cc(C(=O)O)n3Cc2ccccc2)CC1. The van der Waals surface area contributed by atoms with Gasteiger partial charge in [-0.1, -0.05) is 30.3 Å². The van der Waals surface area contributed by atoms with Crippen molar-refractivity contribution >= 4 is 30.2 Å². The minimum Gasteiger partial charge on any atom is -0.477 e. The highest BCUT2D eigenvalue weighted by Crippen LogP contribution is 2.32. The minimum absolute atomic E-state index is 0.161. The average molecular weight is 395 g/mol. The summed E-state index contributed by atoms with van der Waals surface area (Å²) in [5, 5.41) is 10.5. The summed E-state index contributed by atoms with van der Waals surface area (Å²) in [5.41, 5.74) is 2.46. The number of aromatic carboxylic acids is 1. The van der Waals surface area contributed by atoms with Crippen LogP contribution in [0.2, 0.25) is 0 Å². The molecule has 0 unspecified atom stereocenters. The number of carboxylic acid groups (broad SMARTS) is 1. The van der Waals surface area contributed by atoms with Crippen LogP contribution < -0.4 is 4.90 Å². The van der Waals surface area contributed by atoms with Crippen LogP contribution in [-0.2, 0) is 11.2 Å². The fourth-order valence-corrected chi connectivity index (χ4v) is 3.98. The lowest BCUT2D eigenvalue weighted by Crippen LogP contribution is -2.48. The van der Waals surface area contributed by atoms with E-state index in [0.29, 0.717) is 19.7 Å². The van der Waals surface area contributed by atoms with Crippen LogP contribution >= 0.6 is 0 Å². The van der Waals surface area contributed by atoms with Gasteiger partial charge in [0.25, 0.3) is 0 Å². The summed E-state index contributed by atoms with van der Waals surface area (Å²) in [7, 11) is 2.24. The third-order valence-corrected chi connectivity index (χ3v) is 5.39. The lowest BCUT2D eigenvalue weighted by atomic mass is 10.1. The normalized spacial score (nSPS) is 15.0. The molecule has 6 nitrogen and oxygen atoms in total. The molecule has 0 aliphatic carbocycles. The van der Waals surface area contributed by atoms with E-state index in [0.717, 1.165) is 42.8 Å². The zero-order valence-electron chi connectivity index (χ0n) is 16.3. The lowest BCUT2D eigenvalue weighted by Gasteiger charge is -2.35. The van der Waals surface area contributed by atoms with E-state index in [2.05, 4.69) is 9.71 Å². The predicted octanol–water partition coefficient (Wildman–Crippen LogP) is 2.56. The van der Waals surface area contributed by atoms with Gasteiger partial charge in [0.1, 0.15) is 11.5 Å². The molecule has 0 spiro atoms. The summed E-state index contributed by atoms with van der Waals surface area (Å²) in [4.78, 5) is 16.2. The monoisotopic (exact) mass is 395 g/mol. The zero-order chi connectivity index (χ0) is 20.4. The standard InChI is InChI=1S/C21H23BFN3O3/c1-29-22-25-9-7-24(8-10-25)18-11-16(23)12-19-17(18)13-20(21(27)28)26(19)14-15-5-3-2-4-6-15/h2-6,11-13,22H,7-10,14H2,1H3,(H,27,28). The first-order valence-corrected chi connectivity index (χ1v) is 9.63. The van der Waals surface area contributed by atoms with Gasteiger partial charge in [-0.2, -0.15) is 0 Å². The summed E-state index contributed by atoms with van der Waals surface area (Å²) >= 11 is 0. The van der Waals surface area contributed by atoms with Gasteiger partial charge in [-0.25, -0.2) is 9.18 Å². The van der Waals surface area contributed by atoms with E-state index in [4.69, 9.17) is 4.65 Å². The van der Waals surface area contributed by atoms with Gasteiger partial charge in [0, 0.05) is 50.9 Å². The molecule has 1 aliphatic rings. The van der Waals surface area contributed by atoms with Crippen molar-refractivity contribution in [3.63, 3.8) is 0 Å². The maximum Gasteiger partial charge on any atom is 0.363 e. The van der Waals surface area contributed by atoms with Crippen molar-refractivity contribution in [2.45, 2.75) is 6.54 Å². The fourth-order valence-electron chi connectivity index (χ4n) is 3.98. The molecular formula is C21H23BFN3O3. The van der Waals surface area contributed by atoms with Crippen molar-refractivity contribution in [1.29, 1.82) is 0 Å². The van der Waals surface area contributed by atoms with E-state index >= 15 is 0 Å². The molecule has 29 heavy (non-hydrogen) atoms. The second-order valence-corrected chi connectivity index (χ2v) is 7.29. The Morgan fingerprint density at radius 1 is 1.14 bits per heavy atom. The molecule has 0 amide bonds. The molecule has 1 aliphatic heterocycles. The number of aromatic nitrogens is 1. The van der Waals surface area contributed by atoms with Crippen LogP contribution in [0, 0.1) is 5.82 Å². The van der Waals surface area contributed by atoms with Crippen molar-refractivity contribution in [2.75, 3.05) is 38.2 Å². The number of fused-ring (bicyclic) bond motifs is 1. The number of hydrogen-bond donors (Lipinski definition) is 1. The quantitative estimate of drug-likeness (QED) is 0.651. The van der Waals surface area contributed by atoms with Crippen LogP contribution in [0.3, 0.4) is 0 Å².